The van der Waals surface area contributed by atoms with Gasteiger partial charge in [0.1, 0.15) is 5.82 Å². The summed E-state index contributed by atoms with van der Waals surface area (Å²) in [6.45, 7) is 9.22. The first-order valence-corrected chi connectivity index (χ1v) is 7.64. The summed E-state index contributed by atoms with van der Waals surface area (Å²) in [5.74, 6) is 2.38. The number of hydrogen-bond donors (Lipinski definition) is 2. The molecule has 1 aliphatic heterocycles. The maximum absolute atomic E-state index is 5.18. The van der Waals surface area contributed by atoms with Crippen molar-refractivity contribution in [2.24, 2.45) is 5.92 Å². The van der Waals surface area contributed by atoms with E-state index < -0.39 is 0 Å². The molecule has 0 bridgehead atoms. The first-order valence-electron chi connectivity index (χ1n) is 7.24. The van der Waals surface area contributed by atoms with E-state index in [2.05, 4.69) is 32.4 Å². The van der Waals surface area contributed by atoms with Gasteiger partial charge in [-0.25, -0.2) is 4.98 Å². The maximum Gasteiger partial charge on any atom is 0.231 e. The Labute approximate surface area is 126 Å². The molecule has 1 fully saturated rings. The summed E-state index contributed by atoms with van der Waals surface area (Å²) in [5.41, 5.74) is 0.954. The largest absolute Gasteiger partial charge is 0.363 e. The molecular weight excluding hydrogens is 270 g/mol. The van der Waals surface area contributed by atoms with Crippen molar-refractivity contribution >= 4 is 29.1 Å². The van der Waals surface area contributed by atoms with Gasteiger partial charge in [-0.1, -0.05) is 6.92 Å². The monoisotopic (exact) mass is 293 g/mol. The van der Waals surface area contributed by atoms with E-state index in [0.717, 1.165) is 37.1 Å². The summed E-state index contributed by atoms with van der Waals surface area (Å²) < 4.78 is 0. The zero-order valence-electron chi connectivity index (χ0n) is 12.4. The Morgan fingerprint density at radius 1 is 1.40 bits per heavy atom. The normalized spacial score (nSPS) is 16.1. The van der Waals surface area contributed by atoms with Crippen LogP contribution in [0.2, 0.25) is 0 Å². The molecule has 0 aromatic carbocycles. The minimum absolute atomic E-state index is 0.566. The molecule has 0 amide bonds. The van der Waals surface area contributed by atoms with E-state index in [1.807, 2.05) is 19.9 Å². The highest BCUT2D eigenvalue weighted by Crippen LogP contribution is 2.22. The summed E-state index contributed by atoms with van der Waals surface area (Å²) >= 11 is 5.18. The summed E-state index contributed by atoms with van der Waals surface area (Å²) in [7, 11) is 0. The van der Waals surface area contributed by atoms with Crippen LogP contribution in [0.3, 0.4) is 0 Å². The topological polar surface area (TPSA) is 53.1 Å². The average Bonchev–Trinajstić information content (AvgIpc) is 2.39. The Morgan fingerprint density at radius 2 is 2.10 bits per heavy atom. The van der Waals surface area contributed by atoms with Gasteiger partial charge in [-0.2, -0.15) is 4.98 Å². The molecule has 2 N–H and O–H groups in total. The van der Waals surface area contributed by atoms with Gasteiger partial charge in [0, 0.05) is 31.4 Å². The second kappa shape index (κ2) is 6.83. The lowest BCUT2D eigenvalue weighted by atomic mass is 9.99. The third kappa shape index (κ3) is 4.03. The van der Waals surface area contributed by atoms with E-state index in [0.29, 0.717) is 11.1 Å². The van der Waals surface area contributed by atoms with E-state index in [1.54, 1.807) is 0 Å². The smallest absolute Gasteiger partial charge is 0.231 e. The molecule has 6 heteroatoms. The minimum Gasteiger partial charge on any atom is -0.363 e. The number of aromatic nitrogens is 2. The van der Waals surface area contributed by atoms with Gasteiger partial charge in [-0.05, 0) is 44.8 Å². The first kappa shape index (κ1) is 15.0. The quantitative estimate of drug-likeness (QED) is 0.834. The molecule has 0 atom stereocenters. The van der Waals surface area contributed by atoms with Crippen molar-refractivity contribution in [1.29, 1.82) is 0 Å². The van der Waals surface area contributed by atoms with E-state index in [-0.39, 0.29) is 0 Å². The number of nitrogens with one attached hydrogen (secondary N) is 2. The van der Waals surface area contributed by atoms with Crippen LogP contribution in [0.5, 0.6) is 0 Å². The predicted octanol–water partition coefficient (Wildman–Crippen LogP) is 2.33. The van der Waals surface area contributed by atoms with Crippen LogP contribution < -0.4 is 15.5 Å². The van der Waals surface area contributed by atoms with Gasteiger partial charge in [0.25, 0.3) is 0 Å². The number of anilines is 2. The van der Waals surface area contributed by atoms with Crippen molar-refractivity contribution in [3.05, 3.63) is 11.8 Å². The zero-order valence-corrected chi connectivity index (χ0v) is 13.3. The van der Waals surface area contributed by atoms with Gasteiger partial charge >= 0.3 is 0 Å². The fourth-order valence-electron chi connectivity index (χ4n) is 2.31. The van der Waals surface area contributed by atoms with Crippen LogP contribution in [0.4, 0.5) is 11.8 Å². The van der Waals surface area contributed by atoms with E-state index in [9.17, 15) is 0 Å². The fourth-order valence-corrected chi connectivity index (χ4v) is 2.55. The second-order valence-corrected chi connectivity index (χ2v) is 5.75. The molecule has 1 aromatic heterocycles. The molecule has 110 valence electrons. The average molecular weight is 293 g/mol. The Kier molecular flexibility index (Phi) is 5.11. The number of piperidine rings is 1. The molecule has 0 spiro atoms. The molecular formula is C14H23N5S. The number of nitrogens with zero attached hydrogens (tertiary/aromatic N) is 3. The number of rotatable bonds is 3. The van der Waals surface area contributed by atoms with Crippen LogP contribution in [0.15, 0.2) is 6.07 Å². The van der Waals surface area contributed by atoms with Gasteiger partial charge in [0.2, 0.25) is 5.95 Å². The maximum atomic E-state index is 5.18. The van der Waals surface area contributed by atoms with Gasteiger partial charge in [-0.15, -0.1) is 0 Å². The van der Waals surface area contributed by atoms with Crippen LogP contribution in [-0.4, -0.2) is 34.7 Å². The molecule has 5 nitrogen and oxygen atoms in total. The highest BCUT2D eigenvalue weighted by Gasteiger charge is 2.18. The molecule has 2 rings (SSSR count). The lowest BCUT2D eigenvalue weighted by Crippen LogP contribution is -2.34. The molecule has 20 heavy (non-hydrogen) atoms. The molecule has 0 unspecified atom stereocenters. The van der Waals surface area contributed by atoms with Crippen molar-refractivity contribution in [3.8, 4) is 0 Å². The van der Waals surface area contributed by atoms with Crippen LogP contribution in [0.1, 0.15) is 32.4 Å². The Balaban J connectivity index is 2.10. The van der Waals surface area contributed by atoms with Crippen molar-refractivity contribution in [1.82, 2.24) is 15.3 Å². The zero-order chi connectivity index (χ0) is 14.5. The van der Waals surface area contributed by atoms with Crippen molar-refractivity contribution in [2.45, 2.75) is 33.6 Å². The summed E-state index contributed by atoms with van der Waals surface area (Å²) in [6.07, 6.45) is 2.45. The lowest BCUT2D eigenvalue weighted by Gasteiger charge is -2.31. The highest BCUT2D eigenvalue weighted by atomic mass is 32.1. The molecule has 2 heterocycles. The Hall–Kier alpha value is -1.43. The third-order valence-electron chi connectivity index (χ3n) is 3.51. The van der Waals surface area contributed by atoms with Crippen LogP contribution in [0, 0.1) is 12.8 Å². The van der Waals surface area contributed by atoms with E-state index >= 15 is 0 Å². The van der Waals surface area contributed by atoms with E-state index in [4.69, 9.17) is 12.2 Å². The van der Waals surface area contributed by atoms with E-state index in [1.165, 1.54) is 12.8 Å². The molecule has 0 radical (unpaired) electrons. The van der Waals surface area contributed by atoms with Gasteiger partial charge in [-0.3, -0.25) is 0 Å². The second-order valence-electron chi connectivity index (χ2n) is 5.35. The third-order valence-corrected chi connectivity index (χ3v) is 3.76. The number of hydrogen-bond acceptors (Lipinski definition) is 4. The number of aryl methyl sites for hydroxylation is 1. The van der Waals surface area contributed by atoms with Gasteiger partial charge in [0.05, 0.1) is 0 Å². The molecule has 1 aromatic rings. The predicted molar refractivity (Wildman–Crippen MR) is 87.3 cm³/mol. The summed E-state index contributed by atoms with van der Waals surface area (Å²) in [5, 5.41) is 6.65. The van der Waals surface area contributed by atoms with Crippen LogP contribution in [-0.2, 0) is 0 Å². The fraction of sp³-hybridized carbons (Fsp3) is 0.643. The minimum atomic E-state index is 0.566. The highest BCUT2D eigenvalue weighted by molar-refractivity contribution is 7.80. The molecule has 0 saturated carbocycles. The number of thiocarbonyl (C=S) groups is 1. The summed E-state index contributed by atoms with van der Waals surface area (Å²) in [4.78, 5) is 11.3. The Bertz CT molecular complexity index is 469. The molecule has 0 aliphatic carbocycles. The molecule has 1 saturated heterocycles. The van der Waals surface area contributed by atoms with Crippen LogP contribution in [0.25, 0.3) is 0 Å². The molecule has 1 aliphatic rings. The van der Waals surface area contributed by atoms with Gasteiger partial charge < -0.3 is 15.5 Å². The lowest BCUT2D eigenvalue weighted by molar-refractivity contribution is 0.436. The SMILES string of the molecule is CCNC(=S)Nc1nc(C)cc(N2CCC(C)CC2)n1. The van der Waals surface area contributed by atoms with Crippen molar-refractivity contribution in [2.75, 3.05) is 29.9 Å². The van der Waals surface area contributed by atoms with Gasteiger partial charge in [0.15, 0.2) is 5.11 Å². The van der Waals surface area contributed by atoms with Crippen molar-refractivity contribution in [3.63, 3.8) is 0 Å². The summed E-state index contributed by atoms with van der Waals surface area (Å²) in [6, 6.07) is 2.04. The first-order chi connectivity index (χ1) is 9.58. The Morgan fingerprint density at radius 3 is 2.75 bits per heavy atom. The standard InChI is InChI=1S/C14H23N5S/c1-4-15-14(20)18-13-16-11(3)9-12(17-13)19-7-5-10(2)6-8-19/h9-10H,4-8H2,1-3H3,(H2,15,16,17,18,20). The van der Waals surface area contributed by atoms with Crippen LogP contribution >= 0.6 is 12.2 Å². The van der Waals surface area contributed by atoms with Crippen molar-refractivity contribution < 1.29 is 0 Å².